The zero-order valence-electron chi connectivity index (χ0n) is 15.9. The van der Waals surface area contributed by atoms with Gasteiger partial charge in [0.05, 0.1) is 16.6 Å². The SMILES string of the molecule is FC(F)(F)c1c[nH]c2nc(Nc3cc[c]c4c3OCCO4)nc(NCC3CCC3)c12. The minimum atomic E-state index is -4.51. The van der Waals surface area contributed by atoms with Crippen LogP contribution in [0.1, 0.15) is 24.8 Å². The maximum Gasteiger partial charge on any atom is 0.418 e. The van der Waals surface area contributed by atoms with Gasteiger partial charge in [0.25, 0.3) is 0 Å². The smallest absolute Gasteiger partial charge is 0.418 e. The highest BCUT2D eigenvalue weighted by Gasteiger charge is 2.36. The molecular weight excluding hydrogens is 399 g/mol. The predicted molar refractivity (Wildman–Crippen MR) is 104 cm³/mol. The fraction of sp³-hybridized carbons (Fsp3) is 0.400. The average molecular weight is 418 g/mol. The van der Waals surface area contributed by atoms with E-state index in [-0.39, 0.29) is 22.8 Å². The Labute approximate surface area is 170 Å². The van der Waals surface area contributed by atoms with Crippen molar-refractivity contribution in [1.82, 2.24) is 15.0 Å². The molecule has 0 bridgehead atoms. The van der Waals surface area contributed by atoms with Gasteiger partial charge in [-0.25, -0.2) is 0 Å². The first-order chi connectivity index (χ1) is 14.5. The van der Waals surface area contributed by atoms with Gasteiger partial charge in [-0.2, -0.15) is 23.1 Å². The van der Waals surface area contributed by atoms with Crippen LogP contribution in [0.4, 0.5) is 30.6 Å². The number of ether oxygens (including phenoxy) is 2. The summed E-state index contributed by atoms with van der Waals surface area (Å²) >= 11 is 0. The number of hydrogen-bond acceptors (Lipinski definition) is 6. The second-order valence-corrected chi connectivity index (χ2v) is 7.37. The predicted octanol–water partition coefficient (Wildman–Crippen LogP) is 4.50. The molecule has 0 amide bonds. The summed E-state index contributed by atoms with van der Waals surface area (Å²) in [4.78, 5) is 11.2. The van der Waals surface area contributed by atoms with Crippen LogP contribution in [0.15, 0.2) is 18.3 Å². The van der Waals surface area contributed by atoms with Crippen molar-refractivity contribution >= 4 is 28.5 Å². The molecule has 1 radical (unpaired) electrons. The van der Waals surface area contributed by atoms with Gasteiger partial charge in [0.15, 0.2) is 11.5 Å². The van der Waals surface area contributed by atoms with Gasteiger partial charge in [0.1, 0.15) is 24.7 Å². The number of rotatable bonds is 5. The molecule has 0 unspecified atom stereocenters. The molecule has 1 aliphatic heterocycles. The minimum absolute atomic E-state index is 0.0598. The molecule has 2 aliphatic rings. The molecule has 3 heterocycles. The fourth-order valence-corrected chi connectivity index (χ4v) is 3.60. The Morgan fingerprint density at radius 3 is 2.80 bits per heavy atom. The minimum Gasteiger partial charge on any atom is -0.485 e. The molecule has 30 heavy (non-hydrogen) atoms. The van der Waals surface area contributed by atoms with Crippen molar-refractivity contribution in [2.75, 3.05) is 30.4 Å². The van der Waals surface area contributed by atoms with Gasteiger partial charge in [-0.1, -0.05) is 6.42 Å². The largest absolute Gasteiger partial charge is 0.485 e. The Morgan fingerprint density at radius 2 is 2.03 bits per heavy atom. The first kappa shape index (κ1) is 18.8. The number of fused-ring (bicyclic) bond motifs is 2. The summed E-state index contributed by atoms with van der Waals surface area (Å²) in [5.74, 6) is 1.68. The Kier molecular flexibility index (Phi) is 4.56. The third kappa shape index (κ3) is 3.46. The zero-order chi connectivity index (χ0) is 20.7. The van der Waals surface area contributed by atoms with Crippen LogP contribution in [0.5, 0.6) is 11.5 Å². The van der Waals surface area contributed by atoms with Crippen LogP contribution in [-0.4, -0.2) is 34.7 Å². The van der Waals surface area contributed by atoms with Gasteiger partial charge >= 0.3 is 6.18 Å². The summed E-state index contributed by atoms with van der Waals surface area (Å²) in [6.45, 7) is 1.38. The van der Waals surface area contributed by atoms with Gasteiger partial charge in [0, 0.05) is 18.8 Å². The Bertz CT molecular complexity index is 1080. The molecular formula is C20H19F3N5O2. The van der Waals surface area contributed by atoms with Gasteiger partial charge in [-0.05, 0) is 30.9 Å². The van der Waals surface area contributed by atoms with Crippen molar-refractivity contribution in [3.05, 3.63) is 30.0 Å². The first-order valence-corrected chi connectivity index (χ1v) is 9.76. The van der Waals surface area contributed by atoms with Crippen LogP contribution in [0.25, 0.3) is 11.0 Å². The van der Waals surface area contributed by atoms with E-state index in [0.717, 1.165) is 25.5 Å². The van der Waals surface area contributed by atoms with E-state index in [0.29, 0.717) is 42.9 Å². The number of alkyl halides is 3. The molecule has 1 aromatic carbocycles. The molecule has 157 valence electrons. The van der Waals surface area contributed by atoms with Crippen LogP contribution in [0, 0.1) is 12.0 Å². The van der Waals surface area contributed by atoms with Gasteiger partial charge in [-0.3, -0.25) is 0 Å². The van der Waals surface area contributed by atoms with Crippen molar-refractivity contribution in [3.8, 4) is 11.5 Å². The van der Waals surface area contributed by atoms with E-state index in [1.165, 1.54) is 0 Å². The molecule has 1 aliphatic carbocycles. The fourth-order valence-electron chi connectivity index (χ4n) is 3.60. The number of benzene rings is 1. The van der Waals surface area contributed by atoms with Crippen molar-refractivity contribution in [3.63, 3.8) is 0 Å². The van der Waals surface area contributed by atoms with E-state index in [1.54, 1.807) is 12.1 Å². The highest BCUT2D eigenvalue weighted by atomic mass is 19.4. The highest BCUT2D eigenvalue weighted by Crippen LogP contribution is 2.40. The van der Waals surface area contributed by atoms with E-state index >= 15 is 0 Å². The van der Waals surface area contributed by atoms with Gasteiger partial charge in [-0.15, -0.1) is 0 Å². The maximum atomic E-state index is 13.5. The van der Waals surface area contributed by atoms with Crippen LogP contribution in [-0.2, 0) is 6.18 Å². The zero-order valence-corrected chi connectivity index (χ0v) is 15.9. The van der Waals surface area contributed by atoms with E-state index < -0.39 is 11.7 Å². The third-order valence-corrected chi connectivity index (χ3v) is 5.36. The number of anilines is 3. The van der Waals surface area contributed by atoms with E-state index in [2.05, 4.69) is 31.7 Å². The molecule has 2 aromatic heterocycles. The van der Waals surface area contributed by atoms with Gasteiger partial charge in [0.2, 0.25) is 5.95 Å². The van der Waals surface area contributed by atoms with Crippen molar-refractivity contribution in [2.45, 2.75) is 25.4 Å². The summed E-state index contributed by atoms with van der Waals surface area (Å²) in [7, 11) is 0. The van der Waals surface area contributed by atoms with E-state index in [1.807, 2.05) is 0 Å². The van der Waals surface area contributed by atoms with Crippen LogP contribution < -0.4 is 20.1 Å². The Morgan fingerprint density at radius 1 is 1.20 bits per heavy atom. The second-order valence-electron chi connectivity index (χ2n) is 7.37. The van der Waals surface area contributed by atoms with Crippen LogP contribution >= 0.6 is 0 Å². The standard InChI is InChI=1S/C20H19F3N5O2/c21-20(22,23)12-10-25-18-15(12)17(24-9-11-3-1-4-11)27-19(28-18)26-13-5-2-6-14-16(13)30-8-7-29-14/h2,5,10-11H,1,3-4,7-9H2,(H3,24,25,26,27,28). The molecule has 1 fully saturated rings. The van der Waals surface area contributed by atoms with Crippen LogP contribution in [0.2, 0.25) is 0 Å². The third-order valence-electron chi connectivity index (χ3n) is 5.36. The van der Waals surface area contributed by atoms with Crippen LogP contribution in [0.3, 0.4) is 0 Å². The summed E-state index contributed by atoms with van der Waals surface area (Å²) in [5, 5.41) is 6.08. The van der Waals surface area contributed by atoms with Crippen molar-refractivity contribution in [2.24, 2.45) is 5.92 Å². The lowest BCUT2D eigenvalue weighted by molar-refractivity contribution is -0.136. The molecule has 0 spiro atoms. The quantitative estimate of drug-likeness (QED) is 0.566. The number of H-pyrrole nitrogens is 1. The molecule has 1 saturated carbocycles. The molecule has 7 nitrogen and oxygen atoms in total. The summed E-state index contributed by atoms with van der Waals surface area (Å²) in [5.41, 5.74) is -0.136. The molecule has 10 heteroatoms. The number of nitrogens with zero attached hydrogens (tertiary/aromatic N) is 2. The lowest BCUT2D eigenvalue weighted by atomic mass is 9.85. The molecule has 3 aromatic rings. The normalized spacial score (nSPS) is 16.4. The second kappa shape index (κ2) is 7.26. The number of hydrogen-bond donors (Lipinski definition) is 3. The lowest BCUT2D eigenvalue weighted by Gasteiger charge is -2.26. The molecule has 3 N–H and O–H groups in total. The summed E-state index contributed by atoms with van der Waals surface area (Å²) in [6.07, 6.45) is -0.309. The molecule has 0 saturated heterocycles. The Hall–Kier alpha value is -3.17. The molecule has 5 rings (SSSR count). The van der Waals surface area contributed by atoms with Gasteiger partial charge < -0.3 is 25.1 Å². The monoisotopic (exact) mass is 418 g/mol. The number of aromatic nitrogens is 3. The van der Waals surface area contributed by atoms with E-state index in [9.17, 15) is 13.2 Å². The number of aromatic amines is 1. The lowest BCUT2D eigenvalue weighted by Crippen LogP contribution is -2.22. The summed E-state index contributed by atoms with van der Waals surface area (Å²) in [6, 6.07) is 6.34. The van der Waals surface area contributed by atoms with Crippen molar-refractivity contribution in [1.29, 1.82) is 0 Å². The van der Waals surface area contributed by atoms with Crippen molar-refractivity contribution < 1.29 is 22.6 Å². The topological polar surface area (TPSA) is 84.1 Å². The maximum absolute atomic E-state index is 13.5. The Balaban J connectivity index is 1.53. The number of nitrogens with one attached hydrogen (secondary N) is 3. The molecule has 0 atom stereocenters. The van der Waals surface area contributed by atoms with E-state index in [4.69, 9.17) is 9.47 Å². The summed E-state index contributed by atoms with van der Waals surface area (Å²) < 4.78 is 51.6. The first-order valence-electron chi connectivity index (χ1n) is 9.76. The highest BCUT2D eigenvalue weighted by molar-refractivity contribution is 5.92. The average Bonchev–Trinajstić information content (AvgIpc) is 3.12. The number of halogens is 3.